The van der Waals surface area contributed by atoms with Crippen LogP contribution in [0.3, 0.4) is 0 Å². The number of benzene rings is 1. The van der Waals surface area contributed by atoms with E-state index in [2.05, 4.69) is 34.9 Å². The molecule has 1 aliphatic carbocycles. The molecule has 2 aromatic rings. The minimum atomic E-state index is 0.863. The Bertz CT molecular complexity index is 579. The second-order valence-corrected chi connectivity index (χ2v) is 5.39. The molecule has 92 valence electrons. The highest BCUT2D eigenvalue weighted by molar-refractivity contribution is 5.81. The van der Waals surface area contributed by atoms with Crippen molar-refractivity contribution >= 4 is 10.9 Å². The quantitative estimate of drug-likeness (QED) is 0.690. The first kappa shape index (κ1) is 11.4. The fraction of sp³-hybridized carbons (Fsp3) is 0.412. The minimum absolute atomic E-state index is 0.863. The van der Waals surface area contributed by atoms with Gasteiger partial charge in [0, 0.05) is 29.2 Å². The zero-order valence-electron chi connectivity index (χ0n) is 10.7. The van der Waals surface area contributed by atoms with Gasteiger partial charge in [-0.25, -0.2) is 0 Å². The van der Waals surface area contributed by atoms with E-state index < -0.39 is 0 Å². The maximum Gasteiger partial charge on any atom is 0.0481 e. The molecule has 1 fully saturated rings. The second-order valence-electron chi connectivity index (χ2n) is 5.39. The van der Waals surface area contributed by atoms with Crippen LogP contribution < -0.4 is 0 Å². The molecule has 0 aliphatic heterocycles. The summed E-state index contributed by atoms with van der Waals surface area (Å²) in [6.45, 7) is 1.17. The van der Waals surface area contributed by atoms with Crippen molar-refractivity contribution in [3.05, 3.63) is 36.0 Å². The standard InChI is InChI=1S/C17H19N/c1-2-14-8-9-17-16(12-14)10-11-18(17)13-15-6-4-3-5-7-15/h1,8-12,15H,3-7,13H2. The van der Waals surface area contributed by atoms with Crippen molar-refractivity contribution in [3.63, 3.8) is 0 Å². The molecule has 1 heteroatoms. The summed E-state index contributed by atoms with van der Waals surface area (Å²) in [6, 6.07) is 8.48. The number of rotatable bonds is 2. The fourth-order valence-electron chi connectivity index (χ4n) is 3.10. The van der Waals surface area contributed by atoms with Crippen LogP contribution in [-0.2, 0) is 6.54 Å². The van der Waals surface area contributed by atoms with Gasteiger partial charge >= 0.3 is 0 Å². The molecular formula is C17H19N. The smallest absolute Gasteiger partial charge is 0.0481 e. The highest BCUT2D eigenvalue weighted by atomic mass is 15.0. The molecule has 3 rings (SSSR count). The summed E-state index contributed by atoms with van der Waals surface area (Å²) in [5, 5.41) is 1.27. The van der Waals surface area contributed by atoms with E-state index in [9.17, 15) is 0 Å². The van der Waals surface area contributed by atoms with Crippen LogP contribution in [0.5, 0.6) is 0 Å². The molecular weight excluding hydrogens is 218 g/mol. The molecule has 1 aromatic carbocycles. The van der Waals surface area contributed by atoms with Gasteiger partial charge in [0.05, 0.1) is 0 Å². The van der Waals surface area contributed by atoms with Crippen molar-refractivity contribution in [2.75, 3.05) is 0 Å². The topological polar surface area (TPSA) is 4.93 Å². The van der Waals surface area contributed by atoms with Gasteiger partial charge in [0.15, 0.2) is 0 Å². The Morgan fingerprint density at radius 3 is 2.78 bits per heavy atom. The lowest BCUT2D eigenvalue weighted by Crippen LogP contribution is -2.13. The summed E-state index contributed by atoms with van der Waals surface area (Å²) >= 11 is 0. The van der Waals surface area contributed by atoms with Crippen LogP contribution in [0.1, 0.15) is 37.7 Å². The molecule has 1 heterocycles. The van der Waals surface area contributed by atoms with Crippen molar-refractivity contribution < 1.29 is 0 Å². The van der Waals surface area contributed by atoms with E-state index in [1.165, 1.54) is 49.6 Å². The molecule has 0 radical (unpaired) electrons. The van der Waals surface area contributed by atoms with Crippen LogP contribution in [0.2, 0.25) is 0 Å². The molecule has 1 aromatic heterocycles. The van der Waals surface area contributed by atoms with Crippen LogP contribution in [-0.4, -0.2) is 4.57 Å². The van der Waals surface area contributed by atoms with Gasteiger partial charge in [-0.1, -0.05) is 25.2 Å². The third kappa shape index (κ3) is 2.16. The maximum atomic E-state index is 5.44. The Morgan fingerprint density at radius 2 is 2.00 bits per heavy atom. The van der Waals surface area contributed by atoms with Gasteiger partial charge in [-0.15, -0.1) is 6.42 Å². The average Bonchev–Trinajstić information content (AvgIpc) is 2.82. The highest BCUT2D eigenvalue weighted by Crippen LogP contribution is 2.27. The van der Waals surface area contributed by atoms with Crippen molar-refractivity contribution in [1.82, 2.24) is 4.57 Å². The van der Waals surface area contributed by atoms with E-state index in [-0.39, 0.29) is 0 Å². The SMILES string of the molecule is C#Cc1ccc2c(ccn2CC2CCCCC2)c1. The lowest BCUT2D eigenvalue weighted by Gasteiger charge is -2.22. The van der Waals surface area contributed by atoms with E-state index in [1.54, 1.807) is 0 Å². The number of aromatic nitrogens is 1. The molecule has 0 bridgehead atoms. The molecule has 1 nitrogen and oxygen atoms in total. The zero-order chi connectivity index (χ0) is 12.4. The third-order valence-corrected chi connectivity index (χ3v) is 4.12. The number of nitrogens with zero attached hydrogens (tertiary/aromatic N) is 1. The van der Waals surface area contributed by atoms with Gasteiger partial charge in [-0.2, -0.15) is 0 Å². The zero-order valence-corrected chi connectivity index (χ0v) is 10.7. The summed E-state index contributed by atoms with van der Waals surface area (Å²) in [6.07, 6.45) is 14.7. The summed E-state index contributed by atoms with van der Waals surface area (Å²) in [4.78, 5) is 0. The van der Waals surface area contributed by atoms with Crippen LogP contribution in [0.25, 0.3) is 10.9 Å². The molecule has 0 spiro atoms. The Labute approximate surface area is 109 Å². The molecule has 0 atom stereocenters. The van der Waals surface area contributed by atoms with Crippen LogP contribution in [0.4, 0.5) is 0 Å². The number of hydrogen-bond acceptors (Lipinski definition) is 0. The third-order valence-electron chi connectivity index (χ3n) is 4.12. The maximum absolute atomic E-state index is 5.44. The predicted molar refractivity (Wildman–Crippen MR) is 76.4 cm³/mol. The van der Waals surface area contributed by atoms with E-state index in [0.29, 0.717) is 0 Å². The monoisotopic (exact) mass is 237 g/mol. The lowest BCUT2D eigenvalue weighted by atomic mass is 9.89. The normalized spacial score (nSPS) is 16.8. The van der Waals surface area contributed by atoms with Crippen molar-refractivity contribution in [2.45, 2.75) is 38.6 Å². The highest BCUT2D eigenvalue weighted by Gasteiger charge is 2.14. The van der Waals surface area contributed by atoms with Crippen molar-refractivity contribution in [3.8, 4) is 12.3 Å². The Balaban J connectivity index is 1.86. The summed E-state index contributed by atoms with van der Waals surface area (Å²) < 4.78 is 2.39. The van der Waals surface area contributed by atoms with Gasteiger partial charge in [0.1, 0.15) is 0 Å². The van der Waals surface area contributed by atoms with Crippen LogP contribution in [0.15, 0.2) is 30.5 Å². The first-order valence-corrected chi connectivity index (χ1v) is 6.92. The predicted octanol–water partition coefficient (Wildman–Crippen LogP) is 4.20. The van der Waals surface area contributed by atoms with Gasteiger partial charge in [0.25, 0.3) is 0 Å². The van der Waals surface area contributed by atoms with Gasteiger partial charge < -0.3 is 4.57 Å². The molecule has 0 amide bonds. The van der Waals surface area contributed by atoms with E-state index in [4.69, 9.17) is 6.42 Å². The Hall–Kier alpha value is -1.68. The molecule has 1 saturated carbocycles. The lowest BCUT2D eigenvalue weighted by molar-refractivity contribution is 0.322. The van der Waals surface area contributed by atoms with E-state index in [1.807, 2.05) is 6.07 Å². The van der Waals surface area contributed by atoms with Gasteiger partial charge in [0.2, 0.25) is 0 Å². The molecule has 0 N–H and O–H groups in total. The largest absolute Gasteiger partial charge is 0.347 e. The first-order chi connectivity index (χ1) is 8.86. The number of hydrogen-bond donors (Lipinski definition) is 0. The van der Waals surface area contributed by atoms with Crippen LogP contribution >= 0.6 is 0 Å². The summed E-state index contributed by atoms with van der Waals surface area (Å²) in [5.74, 6) is 3.56. The Morgan fingerprint density at radius 1 is 1.17 bits per heavy atom. The summed E-state index contributed by atoms with van der Waals surface area (Å²) in [5.41, 5.74) is 2.29. The Kier molecular flexibility index (Phi) is 3.11. The minimum Gasteiger partial charge on any atom is -0.347 e. The van der Waals surface area contributed by atoms with Gasteiger partial charge in [-0.05, 0) is 43.0 Å². The second kappa shape index (κ2) is 4.90. The molecule has 0 unspecified atom stereocenters. The van der Waals surface area contributed by atoms with Crippen molar-refractivity contribution in [2.24, 2.45) is 5.92 Å². The van der Waals surface area contributed by atoms with E-state index in [0.717, 1.165) is 11.5 Å². The number of fused-ring (bicyclic) bond motifs is 1. The fourth-order valence-corrected chi connectivity index (χ4v) is 3.10. The van der Waals surface area contributed by atoms with Crippen LogP contribution in [0, 0.1) is 18.3 Å². The first-order valence-electron chi connectivity index (χ1n) is 6.92. The number of terminal acetylenes is 1. The summed E-state index contributed by atoms with van der Waals surface area (Å²) in [7, 11) is 0. The van der Waals surface area contributed by atoms with E-state index >= 15 is 0 Å². The molecule has 0 saturated heterocycles. The van der Waals surface area contributed by atoms with Crippen molar-refractivity contribution in [1.29, 1.82) is 0 Å². The van der Waals surface area contributed by atoms with Gasteiger partial charge in [-0.3, -0.25) is 0 Å². The molecule has 1 aliphatic rings. The average molecular weight is 237 g/mol. The molecule has 18 heavy (non-hydrogen) atoms.